The molecule has 0 unspecified atom stereocenters. The third-order valence-electron chi connectivity index (χ3n) is 4.23. The second kappa shape index (κ2) is 10.7. The van der Waals surface area contributed by atoms with E-state index < -0.39 is 5.91 Å². The third-order valence-corrected chi connectivity index (χ3v) is 4.43. The average molecular weight is 436 g/mol. The molecule has 0 fully saturated rings. The normalized spacial score (nSPS) is 9.97. The van der Waals surface area contributed by atoms with Gasteiger partial charge in [0.2, 0.25) is 0 Å². The topological polar surface area (TPSA) is 88.7 Å². The highest BCUT2D eigenvalue weighted by atomic mass is 32.1. The summed E-state index contributed by atoms with van der Waals surface area (Å²) in [5.41, 5.74) is 7.35. The van der Waals surface area contributed by atoms with E-state index in [2.05, 4.69) is 16.2 Å². The zero-order valence-electron chi connectivity index (χ0n) is 16.8. The fourth-order valence-corrected chi connectivity index (χ4v) is 2.78. The number of rotatable bonds is 6. The van der Waals surface area contributed by atoms with Gasteiger partial charge in [0.1, 0.15) is 11.5 Å². The molecule has 158 valence electrons. The van der Waals surface area contributed by atoms with Crippen LogP contribution in [0.4, 0.5) is 0 Å². The Morgan fingerprint density at radius 1 is 0.806 bits per heavy atom. The van der Waals surface area contributed by atoms with E-state index in [0.717, 1.165) is 11.1 Å². The first-order chi connectivity index (χ1) is 15.0. The molecule has 8 heteroatoms. The summed E-state index contributed by atoms with van der Waals surface area (Å²) in [7, 11) is 1.57. The van der Waals surface area contributed by atoms with E-state index in [-0.39, 0.29) is 17.6 Å². The van der Waals surface area contributed by atoms with Crippen molar-refractivity contribution >= 4 is 29.1 Å². The monoisotopic (exact) mass is 435 g/mol. The molecule has 0 spiro atoms. The van der Waals surface area contributed by atoms with E-state index >= 15 is 0 Å². The first-order valence-corrected chi connectivity index (χ1v) is 9.78. The van der Waals surface area contributed by atoms with Crippen LogP contribution in [0.15, 0.2) is 78.9 Å². The van der Waals surface area contributed by atoms with Gasteiger partial charge in [0.25, 0.3) is 11.8 Å². The standard InChI is InChI=1S/C23H21N3O4S/c1-29-19-11-13-20(14-12-19)30-15-21(27)25-26-23(31)24-22(28)18-9-7-17(8-10-18)16-5-3-2-4-6-16/h2-14H,15H2,1H3,(H,25,27)(H2,24,26,28,31). The van der Waals surface area contributed by atoms with Gasteiger partial charge in [-0.15, -0.1) is 0 Å². The van der Waals surface area contributed by atoms with E-state index in [1.807, 2.05) is 42.5 Å². The summed E-state index contributed by atoms with van der Waals surface area (Å²) in [6.07, 6.45) is 0. The first-order valence-electron chi connectivity index (χ1n) is 9.37. The minimum absolute atomic E-state index is 0.0325. The van der Waals surface area contributed by atoms with E-state index in [4.69, 9.17) is 21.7 Å². The number of carbonyl (C=O) groups excluding carboxylic acids is 2. The molecule has 0 bridgehead atoms. The van der Waals surface area contributed by atoms with Crippen LogP contribution in [0, 0.1) is 0 Å². The fraction of sp³-hybridized carbons (Fsp3) is 0.0870. The van der Waals surface area contributed by atoms with Crippen molar-refractivity contribution in [2.75, 3.05) is 13.7 Å². The molecule has 2 amide bonds. The number of benzene rings is 3. The molecule has 0 aliphatic carbocycles. The zero-order valence-corrected chi connectivity index (χ0v) is 17.6. The van der Waals surface area contributed by atoms with Crippen molar-refractivity contribution in [2.24, 2.45) is 0 Å². The molecule has 0 atom stereocenters. The molecular formula is C23H21N3O4S. The molecule has 31 heavy (non-hydrogen) atoms. The van der Waals surface area contributed by atoms with Gasteiger partial charge in [-0.2, -0.15) is 0 Å². The van der Waals surface area contributed by atoms with Crippen molar-refractivity contribution in [1.82, 2.24) is 16.2 Å². The van der Waals surface area contributed by atoms with Crippen molar-refractivity contribution in [3.8, 4) is 22.6 Å². The van der Waals surface area contributed by atoms with Gasteiger partial charge in [-0.3, -0.25) is 25.8 Å². The number of thiocarbonyl (C=S) groups is 1. The van der Waals surface area contributed by atoms with Crippen LogP contribution in [-0.2, 0) is 4.79 Å². The van der Waals surface area contributed by atoms with Crippen LogP contribution in [0.1, 0.15) is 10.4 Å². The Morgan fingerprint density at radius 3 is 2.06 bits per heavy atom. The number of amides is 2. The predicted octanol–water partition coefficient (Wildman–Crippen LogP) is 3.08. The second-order valence-electron chi connectivity index (χ2n) is 6.36. The van der Waals surface area contributed by atoms with Gasteiger partial charge in [-0.25, -0.2) is 0 Å². The number of methoxy groups -OCH3 is 1. The maximum atomic E-state index is 12.3. The van der Waals surface area contributed by atoms with Crippen molar-refractivity contribution < 1.29 is 19.1 Å². The SMILES string of the molecule is COc1ccc(OCC(=O)NNC(=S)NC(=O)c2ccc(-c3ccccc3)cc2)cc1. The highest BCUT2D eigenvalue weighted by Crippen LogP contribution is 2.19. The Balaban J connectivity index is 1.42. The molecule has 7 nitrogen and oxygen atoms in total. The number of hydrogen-bond donors (Lipinski definition) is 3. The van der Waals surface area contributed by atoms with Crippen LogP contribution < -0.4 is 25.6 Å². The lowest BCUT2D eigenvalue weighted by Crippen LogP contribution is -2.49. The molecule has 0 aromatic heterocycles. The Kier molecular flexibility index (Phi) is 7.56. The highest BCUT2D eigenvalue weighted by molar-refractivity contribution is 7.80. The summed E-state index contributed by atoms with van der Waals surface area (Å²) in [6, 6.07) is 23.8. The summed E-state index contributed by atoms with van der Waals surface area (Å²) in [6.45, 7) is -0.225. The van der Waals surface area contributed by atoms with Crippen LogP contribution in [-0.4, -0.2) is 30.6 Å². The molecular weight excluding hydrogens is 414 g/mol. The largest absolute Gasteiger partial charge is 0.497 e. The van der Waals surface area contributed by atoms with Gasteiger partial charge in [0.15, 0.2) is 11.7 Å². The van der Waals surface area contributed by atoms with Gasteiger partial charge in [0, 0.05) is 5.56 Å². The lowest BCUT2D eigenvalue weighted by atomic mass is 10.0. The van der Waals surface area contributed by atoms with Crippen molar-refractivity contribution in [3.63, 3.8) is 0 Å². The van der Waals surface area contributed by atoms with Crippen LogP contribution in [0.3, 0.4) is 0 Å². The Morgan fingerprint density at radius 2 is 1.42 bits per heavy atom. The van der Waals surface area contributed by atoms with Crippen LogP contribution in [0.2, 0.25) is 0 Å². The van der Waals surface area contributed by atoms with Crippen LogP contribution in [0.5, 0.6) is 11.5 Å². The highest BCUT2D eigenvalue weighted by Gasteiger charge is 2.09. The second-order valence-corrected chi connectivity index (χ2v) is 6.77. The van der Waals surface area contributed by atoms with Gasteiger partial charge in [-0.05, 0) is 59.7 Å². The molecule has 0 aliphatic rings. The van der Waals surface area contributed by atoms with Crippen molar-refractivity contribution in [3.05, 3.63) is 84.4 Å². The summed E-state index contributed by atoms with van der Waals surface area (Å²) in [5.74, 6) is 0.362. The molecule has 0 saturated carbocycles. The third kappa shape index (κ3) is 6.55. The average Bonchev–Trinajstić information content (AvgIpc) is 2.82. The van der Waals surface area contributed by atoms with E-state index in [1.165, 1.54) is 0 Å². The molecule has 3 aromatic carbocycles. The van der Waals surface area contributed by atoms with E-state index in [9.17, 15) is 9.59 Å². The lowest BCUT2D eigenvalue weighted by Gasteiger charge is -2.12. The molecule has 3 rings (SSSR count). The predicted molar refractivity (Wildman–Crippen MR) is 122 cm³/mol. The summed E-state index contributed by atoms with van der Waals surface area (Å²) in [4.78, 5) is 24.2. The maximum absolute atomic E-state index is 12.3. The van der Waals surface area contributed by atoms with Crippen molar-refractivity contribution in [1.29, 1.82) is 0 Å². The minimum atomic E-state index is -0.459. The quantitative estimate of drug-likeness (QED) is 0.407. The smallest absolute Gasteiger partial charge is 0.276 e. The number of hydrogen-bond acceptors (Lipinski definition) is 5. The Labute approximate surface area is 185 Å². The Bertz CT molecular complexity index is 1040. The summed E-state index contributed by atoms with van der Waals surface area (Å²) >= 11 is 5.04. The van der Waals surface area contributed by atoms with Crippen LogP contribution in [0.25, 0.3) is 11.1 Å². The van der Waals surface area contributed by atoms with Gasteiger partial charge >= 0.3 is 0 Å². The fourth-order valence-electron chi connectivity index (χ4n) is 2.63. The van der Waals surface area contributed by atoms with Crippen LogP contribution >= 0.6 is 12.2 Å². The molecule has 3 aromatic rings. The van der Waals surface area contributed by atoms with Gasteiger partial charge < -0.3 is 9.47 Å². The number of hydrazine groups is 1. The molecule has 0 aliphatic heterocycles. The Hall–Kier alpha value is -3.91. The number of ether oxygens (including phenoxy) is 2. The molecule has 0 saturated heterocycles. The maximum Gasteiger partial charge on any atom is 0.276 e. The van der Waals surface area contributed by atoms with Gasteiger partial charge in [0.05, 0.1) is 7.11 Å². The molecule has 0 heterocycles. The number of nitrogens with one attached hydrogen (secondary N) is 3. The summed E-state index contributed by atoms with van der Waals surface area (Å²) < 4.78 is 10.4. The lowest BCUT2D eigenvalue weighted by molar-refractivity contribution is -0.123. The minimum Gasteiger partial charge on any atom is -0.497 e. The van der Waals surface area contributed by atoms with Crippen molar-refractivity contribution in [2.45, 2.75) is 0 Å². The first kappa shape index (κ1) is 21.8. The molecule has 0 radical (unpaired) electrons. The summed E-state index contributed by atoms with van der Waals surface area (Å²) in [5, 5.41) is 2.48. The van der Waals surface area contributed by atoms with E-state index in [1.54, 1.807) is 43.5 Å². The molecule has 3 N–H and O–H groups in total. The van der Waals surface area contributed by atoms with E-state index in [0.29, 0.717) is 17.1 Å². The van der Waals surface area contributed by atoms with Gasteiger partial charge in [-0.1, -0.05) is 42.5 Å². The zero-order chi connectivity index (χ0) is 22.1. The number of carbonyl (C=O) groups is 2.